The molecule has 2 N–H and O–H groups in total. The fourth-order valence-corrected chi connectivity index (χ4v) is 2.02. The molecule has 1 heterocycles. The van der Waals surface area contributed by atoms with Crippen molar-refractivity contribution in [2.75, 3.05) is 26.2 Å². The van der Waals surface area contributed by atoms with E-state index in [1.54, 1.807) is 4.90 Å². The number of piperidine rings is 1. The molecule has 1 rings (SSSR count). The van der Waals surface area contributed by atoms with E-state index in [2.05, 4.69) is 12.2 Å². The largest absolute Gasteiger partial charge is 0.395 e. The van der Waals surface area contributed by atoms with Crippen LogP contribution in [-0.4, -0.2) is 48.1 Å². The summed E-state index contributed by atoms with van der Waals surface area (Å²) in [5, 5.41) is 11.3. The highest BCUT2D eigenvalue weighted by Crippen LogP contribution is 2.18. The van der Waals surface area contributed by atoms with Crippen LogP contribution in [0.3, 0.4) is 0 Å². The smallest absolute Gasteiger partial charge is 0.223 e. The summed E-state index contributed by atoms with van der Waals surface area (Å²) in [6.07, 6.45) is 2.53. The van der Waals surface area contributed by atoms with E-state index in [-0.39, 0.29) is 24.3 Å². The minimum atomic E-state index is -0.0351. The first kappa shape index (κ1) is 14.0. The Labute approximate surface area is 102 Å². The van der Waals surface area contributed by atoms with Gasteiger partial charge in [-0.05, 0) is 19.3 Å². The summed E-state index contributed by atoms with van der Waals surface area (Å²) in [6.45, 7) is 5.23. The molecule has 0 atom stereocenters. The summed E-state index contributed by atoms with van der Waals surface area (Å²) in [7, 11) is 0. The molecule has 1 aliphatic heterocycles. The second kappa shape index (κ2) is 7.27. The third-order valence-corrected chi connectivity index (χ3v) is 3.02. The third-order valence-electron chi connectivity index (χ3n) is 3.02. The molecule has 0 aromatic rings. The highest BCUT2D eigenvalue weighted by molar-refractivity contribution is 5.80. The van der Waals surface area contributed by atoms with E-state index in [4.69, 9.17) is 5.11 Å². The maximum absolute atomic E-state index is 11.6. The first-order valence-corrected chi connectivity index (χ1v) is 6.14. The predicted molar refractivity (Wildman–Crippen MR) is 64.0 cm³/mol. The minimum Gasteiger partial charge on any atom is -0.395 e. The highest BCUT2D eigenvalue weighted by atomic mass is 16.3. The normalized spacial score (nSPS) is 16.9. The summed E-state index contributed by atoms with van der Waals surface area (Å²) in [5.41, 5.74) is 0. The van der Waals surface area contributed by atoms with Crippen LogP contribution in [0.5, 0.6) is 0 Å². The van der Waals surface area contributed by atoms with Crippen molar-refractivity contribution in [2.45, 2.75) is 25.7 Å². The molecule has 1 fully saturated rings. The number of aliphatic hydroxyl groups excluding tert-OH is 1. The van der Waals surface area contributed by atoms with Crippen molar-refractivity contribution >= 4 is 11.8 Å². The quantitative estimate of drug-likeness (QED) is 0.709. The fraction of sp³-hybridized carbons (Fsp3) is 0.750. The van der Waals surface area contributed by atoms with Gasteiger partial charge in [0, 0.05) is 32.0 Å². The van der Waals surface area contributed by atoms with E-state index in [9.17, 15) is 9.59 Å². The van der Waals surface area contributed by atoms with Gasteiger partial charge >= 0.3 is 0 Å². The van der Waals surface area contributed by atoms with Crippen LogP contribution in [0, 0.1) is 12.8 Å². The molecule has 1 radical (unpaired) electrons. The van der Waals surface area contributed by atoms with Crippen LogP contribution >= 0.6 is 0 Å². The molecule has 1 aliphatic rings. The van der Waals surface area contributed by atoms with Gasteiger partial charge in [0.25, 0.3) is 0 Å². The van der Waals surface area contributed by atoms with Gasteiger partial charge in [0.15, 0.2) is 0 Å². The Hall–Kier alpha value is -1.10. The summed E-state index contributed by atoms with van der Waals surface area (Å²) in [4.78, 5) is 25.0. The van der Waals surface area contributed by atoms with Crippen molar-refractivity contribution < 1.29 is 14.7 Å². The predicted octanol–water partition coefficient (Wildman–Crippen LogP) is -0.0522. The standard InChI is InChI=1S/C12H21N2O3/c1-2-3-11(16)14-7-4-10(5-8-14)12(17)13-6-9-15/h10,15H,1-9H2,(H,13,17). The Morgan fingerprint density at radius 2 is 2.00 bits per heavy atom. The number of aliphatic hydroxyl groups is 1. The Bertz CT molecular complexity index is 260. The van der Waals surface area contributed by atoms with Crippen molar-refractivity contribution in [1.29, 1.82) is 0 Å². The first-order chi connectivity index (χ1) is 8.19. The van der Waals surface area contributed by atoms with E-state index in [1.807, 2.05) is 0 Å². The lowest BCUT2D eigenvalue weighted by molar-refractivity contribution is -0.135. The second-order valence-electron chi connectivity index (χ2n) is 4.27. The van der Waals surface area contributed by atoms with E-state index < -0.39 is 0 Å². The second-order valence-corrected chi connectivity index (χ2v) is 4.27. The lowest BCUT2D eigenvalue weighted by Gasteiger charge is -2.31. The van der Waals surface area contributed by atoms with Crippen LogP contribution in [0.4, 0.5) is 0 Å². The number of carbonyl (C=O) groups is 2. The van der Waals surface area contributed by atoms with Crippen molar-refractivity contribution in [2.24, 2.45) is 5.92 Å². The average molecular weight is 241 g/mol. The van der Waals surface area contributed by atoms with E-state index >= 15 is 0 Å². The van der Waals surface area contributed by atoms with Crippen molar-refractivity contribution in [3.05, 3.63) is 6.92 Å². The highest BCUT2D eigenvalue weighted by Gasteiger charge is 2.26. The summed E-state index contributed by atoms with van der Waals surface area (Å²) >= 11 is 0. The fourth-order valence-electron chi connectivity index (χ4n) is 2.02. The summed E-state index contributed by atoms with van der Waals surface area (Å²) < 4.78 is 0. The minimum absolute atomic E-state index is 0.0108. The molecule has 0 aliphatic carbocycles. The number of hydrogen-bond donors (Lipinski definition) is 2. The number of carbonyl (C=O) groups excluding carboxylic acids is 2. The van der Waals surface area contributed by atoms with Crippen LogP contribution in [0.15, 0.2) is 0 Å². The van der Waals surface area contributed by atoms with Gasteiger partial charge in [-0.15, -0.1) is 0 Å². The zero-order valence-electron chi connectivity index (χ0n) is 10.2. The average Bonchev–Trinajstić information content (AvgIpc) is 2.36. The van der Waals surface area contributed by atoms with Crippen molar-refractivity contribution in [3.63, 3.8) is 0 Å². The Balaban J connectivity index is 2.30. The molecular weight excluding hydrogens is 220 g/mol. The Kier molecular flexibility index (Phi) is 5.97. The maximum Gasteiger partial charge on any atom is 0.223 e. The van der Waals surface area contributed by atoms with Gasteiger partial charge in [-0.25, -0.2) is 0 Å². The van der Waals surface area contributed by atoms with E-state index in [1.165, 1.54) is 0 Å². The zero-order chi connectivity index (χ0) is 12.7. The molecule has 1 saturated heterocycles. The van der Waals surface area contributed by atoms with Crippen molar-refractivity contribution in [3.8, 4) is 0 Å². The van der Waals surface area contributed by atoms with Gasteiger partial charge < -0.3 is 15.3 Å². The molecule has 97 valence electrons. The van der Waals surface area contributed by atoms with Gasteiger partial charge in [-0.1, -0.05) is 6.92 Å². The Morgan fingerprint density at radius 3 is 2.53 bits per heavy atom. The van der Waals surface area contributed by atoms with Crippen LogP contribution < -0.4 is 5.32 Å². The summed E-state index contributed by atoms with van der Waals surface area (Å²) in [5.74, 6) is 0.0999. The molecule has 0 aromatic heterocycles. The van der Waals surface area contributed by atoms with Gasteiger partial charge in [0.05, 0.1) is 6.61 Å². The van der Waals surface area contributed by atoms with Gasteiger partial charge in [0.2, 0.25) is 11.8 Å². The maximum atomic E-state index is 11.6. The van der Waals surface area contributed by atoms with E-state index in [0.717, 1.165) is 0 Å². The number of amides is 2. The molecular formula is C12H21N2O3. The molecule has 5 nitrogen and oxygen atoms in total. The number of rotatable bonds is 5. The third kappa shape index (κ3) is 4.34. The van der Waals surface area contributed by atoms with Crippen molar-refractivity contribution in [1.82, 2.24) is 10.2 Å². The lowest BCUT2D eigenvalue weighted by atomic mass is 9.95. The van der Waals surface area contributed by atoms with Crippen LogP contribution in [0.2, 0.25) is 0 Å². The van der Waals surface area contributed by atoms with Gasteiger partial charge in [0.1, 0.15) is 0 Å². The molecule has 0 aromatic carbocycles. The number of nitrogens with one attached hydrogen (secondary N) is 1. The number of likely N-dealkylation sites (tertiary alicyclic amines) is 1. The van der Waals surface area contributed by atoms with Gasteiger partial charge in [-0.3, -0.25) is 9.59 Å². The molecule has 0 saturated carbocycles. The number of hydrogen-bond acceptors (Lipinski definition) is 3. The zero-order valence-corrected chi connectivity index (χ0v) is 10.2. The van der Waals surface area contributed by atoms with Crippen LogP contribution in [0.25, 0.3) is 0 Å². The lowest BCUT2D eigenvalue weighted by Crippen LogP contribution is -2.43. The van der Waals surface area contributed by atoms with Crippen LogP contribution in [0.1, 0.15) is 25.7 Å². The molecule has 2 amide bonds. The first-order valence-electron chi connectivity index (χ1n) is 6.14. The Morgan fingerprint density at radius 1 is 1.35 bits per heavy atom. The van der Waals surface area contributed by atoms with Crippen LogP contribution in [-0.2, 0) is 9.59 Å². The monoisotopic (exact) mass is 241 g/mol. The SMILES string of the molecule is [CH2]CCC(=O)N1CCC(C(=O)NCCO)CC1. The molecule has 0 unspecified atom stereocenters. The molecule has 0 bridgehead atoms. The topological polar surface area (TPSA) is 69.6 Å². The molecule has 5 heteroatoms. The number of nitrogens with zero attached hydrogens (tertiary/aromatic N) is 1. The molecule has 17 heavy (non-hydrogen) atoms. The van der Waals surface area contributed by atoms with E-state index in [0.29, 0.717) is 45.3 Å². The van der Waals surface area contributed by atoms with Gasteiger partial charge in [-0.2, -0.15) is 0 Å². The summed E-state index contributed by atoms with van der Waals surface area (Å²) in [6, 6.07) is 0. The molecule has 0 spiro atoms.